The smallest absolute Gasteiger partial charge is 0.338 e. The number of benzene rings is 2. The average Bonchev–Trinajstić information content (AvgIpc) is 2.77. The first-order valence-corrected chi connectivity index (χ1v) is 9.55. The second kappa shape index (κ2) is 8.09. The Morgan fingerprint density at radius 1 is 1.07 bits per heavy atom. The predicted octanol–water partition coefficient (Wildman–Crippen LogP) is 3.60. The Morgan fingerprint density at radius 2 is 1.83 bits per heavy atom. The number of rotatable bonds is 5. The number of carbonyl (C=O) groups excluding carboxylic acids is 1. The third-order valence-electron chi connectivity index (χ3n) is 5.45. The Balaban J connectivity index is 1.63. The molecule has 1 aliphatic rings. The number of methoxy groups -OCH3 is 3. The van der Waals surface area contributed by atoms with E-state index in [9.17, 15) is 4.79 Å². The Labute approximate surface area is 170 Å². The van der Waals surface area contributed by atoms with Gasteiger partial charge in [0.05, 0.1) is 32.4 Å². The van der Waals surface area contributed by atoms with E-state index in [-0.39, 0.29) is 5.97 Å². The standard InChI is InChI=1S/C23H24N2O4/c1-27-20-11-15-8-10-25(14-17(15)12-21(20)28-2)13-16-6-7-19(23(26)29-3)18-5-4-9-24-22(16)18/h4-7,9,11-12H,8,10,13-14H2,1-3H3. The normalized spacial score (nSPS) is 13.8. The van der Waals surface area contributed by atoms with E-state index >= 15 is 0 Å². The summed E-state index contributed by atoms with van der Waals surface area (Å²) in [6.45, 7) is 2.51. The molecule has 29 heavy (non-hydrogen) atoms. The number of pyridine rings is 1. The number of carbonyl (C=O) groups is 1. The van der Waals surface area contributed by atoms with Crippen molar-refractivity contribution in [1.82, 2.24) is 9.88 Å². The highest BCUT2D eigenvalue weighted by Gasteiger charge is 2.21. The lowest BCUT2D eigenvalue weighted by Crippen LogP contribution is -2.30. The third kappa shape index (κ3) is 3.63. The molecule has 2 aromatic carbocycles. The van der Waals surface area contributed by atoms with Gasteiger partial charge in [-0.05, 0) is 47.4 Å². The van der Waals surface area contributed by atoms with E-state index < -0.39 is 0 Å². The molecule has 0 spiro atoms. The molecular formula is C23H24N2O4. The molecule has 0 radical (unpaired) electrons. The lowest BCUT2D eigenvalue weighted by atomic mass is 9.97. The molecule has 6 nitrogen and oxygen atoms in total. The van der Waals surface area contributed by atoms with Crippen molar-refractivity contribution in [3.8, 4) is 11.5 Å². The van der Waals surface area contributed by atoms with Gasteiger partial charge in [0.1, 0.15) is 0 Å². The second-order valence-electron chi connectivity index (χ2n) is 7.10. The van der Waals surface area contributed by atoms with Gasteiger partial charge in [0, 0.05) is 31.2 Å². The first-order chi connectivity index (χ1) is 14.1. The largest absolute Gasteiger partial charge is 0.493 e. The number of nitrogens with zero attached hydrogens (tertiary/aromatic N) is 2. The minimum Gasteiger partial charge on any atom is -0.493 e. The molecule has 1 aromatic heterocycles. The maximum atomic E-state index is 12.1. The third-order valence-corrected chi connectivity index (χ3v) is 5.45. The molecule has 0 fully saturated rings. The van der Waals surface area contributed by atoms with Crippen molar-refractivity contribution in [2.24, 2.45) is 0 Å². The zero-order valence-corrected chi connectivity index (χ0v) is 16.9. The molecule has 3 aromatic rings. The van der Waals surface area contributed by atoms with Gasteiger partial charge in [0.25, 0.3) is 0 Å². The quantitative estimate of drug-likeness (QED) is 0.619. The van der Waals surface area contributed by atoms with Crippen LogP contribution in [-0.2, 0) is 24.2 Å². The van der Waals surface area contributed by atoms with E-state index in [2.05, 4.69) is 22.0 Å². The minimum atomic E-state index is -0.345. The van der Waals surface area contributed by atoms with Crippen LogP contribution in [0, 0.1) is 0 Å². The van der Waals surface area contributed by atoms with Crippen LogP contribution < -0.4 is 9.47 Å². The zero-order chi connectivity index (χ0) is 20.4. The summed E-state index contributed by atoms with van der Waals surface area (Å²) in [5.41, 5.74) is 5.02. The maximum absolute atomic E-state index is 12.1. The van der Waals surface area contributed by atoms with Crippen molar-refractivity contribution in [3.63, 3.8) is 0 Å². The van der Waals surface area contributed by atoms with Crippen molar-refractivity contribution in [2.45, 2.75) is 19.5 Å². The van der Waals surface area contributed by atoms with Crippen molar-refractivity contribution in [3.05, 3.63) is 64.8 Å². The molecule has 0 N–H and O–H groups in total. The molecule has 0 amide bonds. The van der Waals surface area contributed by atoms with Gasteiger partial charge in [-0.2, -0.15) is 0 Å². The Hall–Kier alpha value is -3.12. The van der Waals surface area contributed by atoms with Crippen molar-refractivity contribution in [1.29, 1.82) is 0 Å². The summed E-state index contributed by atoms with van der Waals surface area (Å²) in [5, 5.41) is 0.820. The van der Waals surface area contributed by atoms with E-state index in [1.54, 1.807) is 20.4 Å². The monoisotopic (exact) mass is 392 g/mol. The fourth-order valence-electron chi connectivity index (χ4n) is 3.96. The van der Waals surface area contributed by atoms with Crippen LogP contribution in [0.25, 0.3) is 10.9 Å². The van der Waals surface area contributed by atoms with Crippen LogP contribution in [0.4, 0.5) is 0 Å². The summed E-state index contributed by atoms with van der Waals surface area (Å²) in [6, 6.07) is 11.7. The summed E-state index contributed by atoms with van der Waals surface area (Å²) in [4.78, 5) is 19.0. The highest BCUT2D eigenvalue weighted by atomic mass is 16.5. The van der Waals surface area contributed by atoms with Crippen LogP contribution in [0.2, 0.25) is 0 Å². The molecule has 1 aliphatic heterocycles. The predicted molar refractivity (Wildman–Crippen MR) is 110 cm³/mol. The number of esters is 1. The Morgan fingerprint density at radius 3 is 2.55 bits per heavy atom. The van der Waals surface area contributed by atoms with E-state index in [1.165, 1.54) is 18.2 Å². The summed E-state index contributed by atoms with van der Waals surface area (Å²) in [5.74, 6) is 1.18. The number of hydrogen-bond acceptors (Lipinski definition) is 6. The van der Waals surface area contributed by atoms with Crippen LogP contribution in [-0.4, -0.2) is 43.7 Å². The van der Waals surface area contributed by atoms with Gasteiger partial charge in [-0.15, -0.1) is 0 Å². The van der Waals surface area contributed by atoms with E-state index in [0.717, 1.165) is 54.0 Å². The van der Waals surface area contributed by atoms with Crippen LogP contribution in [0.15, 0.2) is 42.6 Å². The lowest BCUT2D eigenvalue weighted by molar-refractivity contribution is 0.0603. The molecule has 0 saturated carbocycles. The van der Waals surface area contributed by atoms with Crippen LogP contribution in [0.5, 0.6) is 11.5 Å². The van der Waals surface area contributed by atoms with Gasteiger partial charge < -0.3 is 14.2 Å². The van der Waals surface area contributed by atoms with E-state index in [0.29, 0.717) is 5.56 Å². The molecule has 0 saturated heterocycles. The number of hydrogen-bond donors (Lipinski definition) is 0. The molecule has 0 bridgehead atoms. The zero-order valence-electron chi connectivity index (χ0n) is 16.9. The van der Waals surface area contributed by atoms with E-state index in [4.69, 9.17) is 14.2 Å². The Kier molecular flexibility index (Phi) is 5.36. The molecule has 2 heterocycles. The molecule has 6 heteroatoms. The first kappa shape index (κ1) is 19.2. The molecular weight excluding hydrogens is 368 g/mol. The van der Waals surface area contributed by atoms with Crippen LogP contribution >= 0.6 is 0 Å². The molecule has 4 rings (SSSR count). The molecule has 0 aliphatic carbocycles. The molecule has 150 valence electrons. The highest BCUT2D eigenvalue weighted by Crippen LogP contribution is 2.34. The second-order valence-corrected chi connectivity index (χ2v) is 7.10. The maximum Gasteiger partial charge on any atom is 0.338 e. The molecule has 0 atom stereocenters. The van der Waals surface area contributed by atoms with Gasteiger partial charge in [0.15, 0.2) is 11.5 Å². The number of aromatic nitrogens is 1. The summed E-state index contributed by atoms with van der Waals surface area (Å²) < 4.78 is 15.8. The number of ether oxygens (including phenoxy) is 3. The first-order valence-electron chi connectivity index (χ1n) is 9.55. The van der Waals surface area contributed by atoms with Crippen LogP contribution in [0.1, 0.15) is 27.0 Å². The minimum absolute atomic E-state index is 0.345. The van der Waals surface area contributed by atoms with Gasteiger partial charge in [-0.1, -0.05) is 12.1 Å². The van der Waals surface area contributed by atoms with Gasteiger partial charge in [0.2, 0.25) is 0 Å². The van der Waals surface area contributed by atoms with Gasteiger partial charge in [-0.3, -0.25) is 9.88 Å². The molecule has 0 unspecified atom stereocenters. The average molecular weight is 392 g/mol. The summed E-state index contributed by atoms with van der Waals surface area (Å²) in [6.07, 6.45) is 2.71. The van der Waals surface area contributed by atoms with Crippen LogP contribution in [0.3, 0.4) is 0 Å². The summed E-state index contributed by atoms with van der Waals surface area (Å²) in [7, 11) is 4.72. The SMILES string of the molecule is COC(=O)c1ccc(CN2CCc3cc(OC)c(OC)cc3C2)c2ncccc12. The topological polar surface area (TPSA) is 60.9 Å². The summed E-state index contributed by atoms with van der Waals surface area (Å²) >= 11 is 0. The fourth-order valence-corrected chi connectivity index (χ4v) is 3.96. The fraction of sp³-hybridized carbons (Fsp3) is 0.304. The Bertz CT molecular complexity index is 1060. The van der Waals surface area contributed by atoms with Crippen molar-refractivity contribution in [2.75, 3.05) is 27.9 Å². The number of fused-ring (bicyclic) bond motifs is 2. The van der Waals surface area contributed by atoms with Gasteiger partial charge in [-0.25, -0.2) is 4.79 Å². The van der Waals surface area contributed by atoms with Gasteiger partial charge >= 0.3 is 5.97 Å². The van der Waals surface area contributed by atoms with Crippen molar-refractivity contribution < 1.29 is 19.0 Å². The van der Waals surface area contributed by atoms with E-state index in [1.807, 2.05) is 24.3 Å². The highest BCUT2D eigenvalue weighted by molar-refractivity contribution is 6.04. The van der Waals surface area contributed by atoms with Crippen molar-refractivity contribution >= 4 is 16.9 Å². The lowest BCUT2D eigenvalue weighted by Gasteiger charge is -2.29.